The highest BCUT2D eigenvalue weighted by atomic mass is 19.1. The summed E-state index contributed by atoms with van der Waals surface area (Å²) in [6.07, 6.45) is 5.74. The second-order valence-corrected chi connectivity index (χ2v) is 4.98. The molecule has 0 atom stereocenters. The van der Waals surface area contributed by atoms with Crippen molar-refractivity contribution in [3.8, 4) is 6.07 Å². The van der Waals surface area contributed by atoms with Crippen LogP contribution in [-0.4, -0.2) is 24.3 Å². The quantitative estimate of drug-likeness (QED) is 0.907. The maximum absolute atomic E-state index is 13.2. The number of rotatable bonds is 4. The van der Waals surface area contributed by atoms with Gasteiger partial charge in [0, 0.05) is 12.6 Å². The predicted molar refractivity (Wildman–Crippen MR) is 72.4 cm³/mol. The lowest BCUT2D eigenvalue weighted by Gasteiger charge is -2.36. The lowest BCUT2D eigenvalue weighted by atomic mass is 9.93. The Morgan fingerprint density at radius 1 is 1.32 bits per heavy atom. The molecular weight excluding hydrogens is 243 g/mol. The number of nitrogens with zero attached hydrogens (tertiary/aromatic N) is 2. The first kappa shape index (κ1) is 13.8. The van der Waals surface area contributed by atoms with E-state index in [1.54, 1.807) is 6.07 Å². The fourth-order valence-corrected chi connectivity index (χ4v) is 2.85. The lowest BCUT2D eigenvalue weighted by Crippen LogP contribution is -2.39. The number of hydrogen-bond donors (Lipinski definition) is 1. The number of hydrogen-bond acceptors (Lipinski definition) is 3. The summed E-state index contributed by atoms with van der Waals surface area (Å²) in [5, 5.41) is 18.4. The van der Waals surface area contributed by atoms with E-state index >= 15 is 0 Å². The van der Waals surface area contributed by atoms with Crippen molar-refractivity contribution in [2.24, 2.45) is 0 Å². The van der Waals surface area contributed by atoms with Crippen LogP contribution >= 0.6 is 0 Å². The Hall–Kier alpha value is -1.60. The van der Waals surface area contributed by atoms with Crippen LogP contribution in [0.1, 0.15) is 37.7 Å². The molecule has 0 heterocycles. The van der Waals surface area contributed by atoms with E-state index in [0.717, 1.165) is 18.5 Å². The van der Waals surface area contributed by atoms with E-state index in [1.807, 2.05) is 0 Å². The molecule has 19 heavy (non-hydrogen) atoms. The second-order valence-electron chi connectivity index (χ2n) is 4.98. The molecule has 1 saturated carbocycles. The van der Waals surface area contributed by atoms with Gasteiger partial charge in [0.2, 0.25) is 0 Å². The Balaban J connectivity index is 2.30. The third-order valence-corrected chi connectivity index (χ3v) is 3.74. The fraction of sp³-hybridized carbons (Fsp3) is 0.533. The first-order valence-electron chi connectivity index (χ1n) is 6.83. The zero-order valence-corrected chi connectivity index (χ0v) is 11.0. The monoisotopic (exact) mass is 262 g/mol. The van der Waals surface area contributed by atoms with Gasteiger partial charge in [-0.05, 0) is 31.0 Å². The summed E-state index contributed by atoms with van der Waals surface area (Å²) >= 11 is 0. The number of aliphatic hydroxyl groups excluding tert-OH is 1. The van der Waals surface area contributed by atoms with Gasteiger partial charge in [-0.3, -0.25) is 0 Å². The van der Waals surface area contributed by atoms with E-state index < -0.39 is 5.82 Å². The average Bonchev–Trinajstić information content (AvgIpc) is 2.46. The van der Waals surface area contributed by atoms with Crippen molar-refractivity contribution >= 4 is 5.69 Å². The number of anilines is 1. The van der Waals surface area contributed by atoms with Crippen molar-refractivity contribution in [2.75, 3.05) is 18.1 Å². The molecule has 1 aromatic carbocycles. The van der Waals surface area contributed by atoms with Crippen LogP contribution in [0.4, 0.5) is 10.1 Å². The maximum atomic E-state index is 13.2. The molecular formula is C15H19FN2O. The van der Waals surface area contributed by atoms with Crippen molar-refractivity contribution in [1.82, 2.24) is 0 Å². The van der Waals surface area contributed by atoms with Gasteiger partial charge in [-0.1, -0.05) is 19.3 Å². The average molecular weight is 262 g/mol. The summed E-state index contributed by atoms with van der Waals surface area (Å²) in [6.45, 7) is 0.531. The third kappa shape index (κ3) is 3.24. The van der Waals surface area contributed by atoms with Gasteiger partial charge in [0.25, 0.3) is 0 Å². The Kier molecular flexibility index (Phi) is 4.75. The number of nitriles is 1. The molecule has 0 aromatic heterocycles. The maximum Gasteiger partial charge on any atom is 0.124 e. The van der Waals surface area contributed by atoms with Gasteiger partial charge in [-0.2, -0.15) is 5.26 Å². The van der Waals surface area contributed by atoms with E-state index in [9.17, 15) is 9.50 Å². The van der Waals surface area contributed by atoms with Crippen molar-refractivity contribution in [2.45, 2.75) is 38.1 Å². The summed E-state index contributed by atoms with van der Waals surface area (Å²) < 4.78 is 13.2. The van der Waals surface area contributed by atoms with E-state index in [-0.39, 0.29) is 6.61 Å². The van der Waals surface area contributed by atoms with Crippen molar-refractivity contribution < 1.29 is 9.50 Å². The van der Waals surface area contributed by atoms with Crippen molar-refractivity contribution in [3.05, 3.63) is 29.6 Å². The van der Waals surface area contributed by atoms with E-state index in [4.69, 9.17) is 5.26 Å². The van der Waals surface area contributed by atoms with Crippen LogP contribution in [0, 0.1) is 17.1 Å². The van der Waals surface area contributed by atoms with E-state index in [1.165, 1.54) is 31.4 Å². The summed E-state index contributed by atoms with van der Waals surface area (Å²) in [7, 11) is 0. The van der Waals surface area contributed by atoms with Crippen LogP contribution in [0.2, 0.25) is 0 Å². The van der Waals surface area contributed by atoms with Gasteiger partial charge >= 0.3 is 0 Å². The van der Waals surface area contributed by atoms with Crippen molar-refractivity contribution in [3.63, 3.8) is 0 Å². The Morgan fingerprint density at radius 3 is 2.68 bits per heavy atom. The first-order chi connectivity index (χ1) is 9.26. The van der Waals surface area contributed by atoms with Crippen LogP contribution in [-0.2, 0) is 0 Å². The minimum atomic E-state index is -0.395. The molecule has 1 N–H and O–H groups in total. The third-order valence-electron chi connectivity index (χ3n) is 3.74. The molecule has 0 amide bonds. The zero-order valence-electron chi connectivity index (χ0n) is 11.0. The molecule has 0 aliphatic heterocycles. The highest BCUT2D eigenvalue weighted by molar-refractivity contribution is 5.60. The van der Waals surface area contributed by atoms with Crippen molar-refractivity contribution in [1.29, 1.82) is 5.26 Å². The smallest absolute Gasteiger partial charge is 0.124 e. The molecule has 4 heteroatoms. The van der Waals surface area contributed by atoms with E-state index in [2.05, 4.69) is 11.0 Å². The molecule has 1 fully saturated rings. The summed E-state index contributed by atoms with van der Waals surface area (Å²) in [5.41, 5.74) is 1.09. The molecule has 3 nitrogen and oxygen atoms in total. The SMILES string of the molecule is N#Cc1cc(F)ccc1N(CCO)C1CCCCC1. The second kappa shape index (κ2) is 6.53. The van der Waals surface area contributed by atoms with Crippen LogP contribution < -0.4 is 4.90 Å². The van der Waals surface area contributed by atoms with Crippen LogP contribution in [0.25, 0.3) is 0 Å². The molecule has 1 aliphatic carbocycles. The zero-order chi connectivity index (χ0) is 13.7. The standard InChI is InChI=1S/C15H19FN2O/c16-13-6-7-15(12(10-13)11-17)18(8-9-19)14-4-2-1-3-5-14/h6-7,10,14,19H,1-5,8-9H2. The molecule has 1 aliphatic rings. The molecule has 1 aromatic rings. The van der Waals surface area contributed by atoms with Gasteiger partial charge in [-0.25, -0.2) is 4.39 Å². The highest BCUT2D eigenvalue weighted by Crippen LogP contribution is 2.29. The molecule has 0 unspecified atom stereocenters. The Bertz CT molecular complexity index is 464. The Labute approximate surface area is 113 Å². The molecule has 102 valence electrons. The first-order valence-corrected chi connectivity index (χ1v) is 6.83. The van der Waals surface area contributed by atoms with Crippen LogP contribution in [0.3, 0.4) is 0 Å². The molecule has 0 saturated heterocycles. The highest BCUT2D eigenvalue weighted by Gasteiger charge is 2.23. The number of halogens is 1. The summed E-state index contributed by atoms with van der Waals surface area (Å²) in [4.78, 5) is 2.07. The van der Waals surface area contributed by atoms with Crippen LogP contribution in [0.5, 0.6) is 0 Å². The summed E-state index contributed by atoms with van der Waals surface area (Å²) in [6, 6.07) is 6.69. The minimum Gasteiger partial charge on any atom is -0.395 e. The minimum absolute atomic E-state index is 0.0404. The van der Waals surface area contributed by atoms with Crippen LogP contribution in [0.15, 0.2) is 18.2 Å². The largest absolute Gasteiger partial charge is 0.395 e. The van der Waals surface area contributed by atoms with Gasteiger partial charge < -0.3 is 10.0 Å². The molecule has 0 spiro atoms. The molecule has 0 radical (unpaired) electrons. The number of aliphatic hydroxyl groups is 1. The van der Waals surface area contributed by atoms with Gasteiger partial charge in [0.1, 0.15) is 11.9 Å². The summed E-state index contributed by atoms with van der Waals surface area (Å²) in [5.74, 6) is -0.395. The van der Waals surface area contributed by atoms with E-state index in [0.29, 0.717) is 18.2 Å². The van der Waals surface area contributed by atoms with Gasteiger partial charge in [-0.15, -0.1) is 0 Å². The molecule has 0 bridgehead atoms. The fourth-order valence-electron chi connectivity index (χ4n) is 2.85. The van der Waals surface area contributed by atoms with Gasteiger partial charge in [0.15, 0.2) is 0 Å². The van der Waals surface area contributed by atoms with Gasteiger partial charge in [0.05, 0.1) is 17.9 Å². The topological polar surface area (TPSA) is 47.3 Å². The number of benzene rings is 1. The normalized spacial score (nSPS) is 16.1. The predicted octanol–water partition coefficient (Wildman–Crippen LogP) is 2.83. The Morgan fingerprint density at radius 2 is 2.05 bits per heavy atom. The lowest BCUT2D eigenvalue weighted by molar-refractivity contribution is 0.290. The molecule has 2 rings (SSSR count).